The van der Waals surface area contributed by atoms with Crippen LogP contribution in [0.2, 0.25) is 0 Å². The number of carbonyl (C=O) groups excluding carboxylic acids is 1. The van der Waals surface area contributed by atoms with Crippen molar-refractivity contribution in [1.82, 2.24) is 10.2 Å². The topological polar surface area (TPSA) is 41.6 Å². The Morgan fingerprint density at radius 3 is 2.84 bits per heavy atom. The molecule has 0 saturated carbocycles. The van der Waals surface area contributed by atoms with Gasteiger partial charge in [0.15, 0.2) is 0 Å². The minimum Gasteiger partial charge on any atom is -0.385 e. The Balaban J connectivity index is 2.17. The Morgan fingerprint density at radius 2 is 2.16 bits per heavy atom. The lowest BCUT2D eigenvalue weighted by Gasteiger charge is -2.24. The van der Waals surface area contributed by atoms with Gasteiger partial charge in [-0.3, -0.25) is 10.1 Å². The molecule has 1 aromatic rings. The van der Waals surface area contributed by atoms with Crippen LogP contribution in [-0.2, 0) is 9.53 Å². The molecule has 2 rings (SSSR count). The Kier molecular flexibility index (Phi) is 4.50. The summed E-state index contributed by atoms with van der Waals surface area (Å²) in [5.41, 5.74) is 0.512. The molecule has 0 radical (unpaired) electrons. The number of hydrogen-bond acceptors (Lipinski definition) is 3. The molecule has 1 aliphatic heterocycles. The quantitative estimate of drug-likeness (QED) is 0.824. The van der Waals surface area contributed by atoms with Crippen molar-refractivity contribution < 1.29 is 13.9 Å². The number of carbonyl (C=O) groups is 1. The van der Waals surface area contributed by atoms with E-state index in [4.69, 9.17) is 4.74 Å². The average molecular weight is 266 g/mol. The fourth-order valence-electron chi connectivity index (χ4n) is 2.35. The highest BCUT2D eigenvalue weighted by atomic mass is 19.1. The van der Waals surface area contributed by atoms with Gasteiger partial charge in [-0.15, -0.1) is 0 Å². The third-order valence-electron chi connectivity index (χ3n) is 3.32. The number of amides is 1. The number of benzene rings is 1. The van der Waals surface area contributed by atoms with Gasteiger partial charge in [0.05, 0.1) is 6.04 Å². The fourth-order valence-corrected chi connectivity index (χ4v) is 2.35. The van der Waals surface area contributed by atoms with Crippen LogP contribution in [-0.4, -0.2) is 37.1 Å². The van der Waals surface area contributed by atoms with Crippen molar-refractivity contribution in [3.63, 3.8) is 0 Å². The highest BCUT2D eigenvalue weighted by Gasteiger charge is 2.37. The molecule has 1 amide bonds. The number of nitrogens with one attached hydrogen (secondary N) is 1. The van der Waals surface area contributed by atoms with E-state index in [1.54, 1.807) is 37.1 Å². The van der Waals surface area contributed by atoms with Crippen molar-refractivity contribution in [3.05, 3.63) is 35.6 Å². The van der Waals surface area contributed by atoms with Crippen LogP contribution in [0, 0.1) is 5.82 Å². The van der Waals surface area contributed by atoms with Crippen LogP contribution in [0.25, 0.3) is 0 Å². The molecule has 0 bridgehead atoms. The monoisotopic (exact) mass is 266 g/mol. The molecule has 4 nitrogen and oxygen atoms in total. The first-order valence-electron chi connectivity index (χ1n) is 6.45. The van der Waals surface area contributed by atoms with E-state index in [-0.39, 0.29) is 23.9 Å². The third kappa shape index (κ3) is 2.93. The molecule has 2 unspecified atom stereocenters. The molecule has 104 valence electrons. The molecule has 1 aliphatic rings. The predicted molar refractivity (Wildman–Crippen MR) is 69.9 cm³/mol. The molecule has 0 spiro atoms. The van der Waals surface area contributed by atoms with E-state index in [2.05, 4.69) is 5.32 Å². The van der Waals surface area contributed by atoms with E-state index in [0.29, 0.717) is 18.7 Å². The van der Waals surface area contributed by atoms with Gasteiger partial charge in [0.2, 0.25) is 5.91 Å². The SMILES string of the molecule is COCCCN1C(=O)C(C)NC1c1ccccc1F. The molecule has 1 N–H and O–H groups in total. The summed E-state index contributed by atoms with van der Waals surface area (Å²) >= 11 is 0. The summed E-state index contributed by atoms with van der Waals surface area (Å²) < 4.78 is 18.9. The van der Waals surface area contributed by atoms with Crippen LogP contribution in [0.15, 0.2) is 24.3 Å². The van der Waals surface area contributed by atoms with Gasteiger partial charge in [0.1, 0.15) is 12.0 Å². The van der Waals surface area contributed by atoms with Gasteiger partial charge in [0.25, 0.3) is 0 Å². The van der Waals surface area contributed by atoms with Gasteiger partial charge >= 0.3 is 0 Å². The number of halogens is 1. The van der Waals surface area contributed by atoms with Crippen molar-refractivity contribution in [2.75, 3.05) is 20.3 Å². The van der Waals surface area contributed by atoms with E-state index in [9.17, 15) is 9.18 Å². The number of methoxy groups -OCH3 is 1. The lowest BCUT2D eigenvalue weighted by molar-refractivity contribution is -0.130. The Labute approximate surface area is 112 Å². The molecule has 2 atom stereocenters. The van der Waals surface area contributed by atoms with E-state index in [0.717, 1.165) is 6.42 Å². The molecule has 19 heavy (non-hydrogen) atoms. The lowest BCUT2D eigenvalue weighted by Crippen LogP contribution is -2.32. The first kappa shape index (κ1) is 14.0. The van der Waals surface area contributed by atoms with Gasteiger partial charge in [-0.25, -0.2) is 4.39 Å². The van der Waals surface area contributed by atoms with Gasteiger partial charge in [0, 0.05) is 25.8 Å². The minimum atomic E-state index is -0.388. The van der Waals surface area contributed by atoms with Crippen LogP contribution >= 0.6 is 0 Å². The molecular formula is C14H19FN2O2. The molecule has 1 heterocycles. The summed E-state index contributed by atoms with van der Waals surface area (Å²) in [5, 5.41) is 3.13. The van der Waals surface area contributed by atoms with Crippen molar-refractivity contribution >= 4 is 5.91 Å². The standard InChI is InChI=1S/C14H19FN2O2/c1-10-14(18)17(8-5-9-19-2)13(16-10)11-6-3-4-7-12(11)15/h3-4,6-7,10,13,16H,5,8-9H2,1-2H3. The first-order chi connectivity index (χ1) is 9.15. The molecule has 5 heteroatoms. The smallest absolute Gasteiger partial charge is 0.241 e. The zero-order chi connectivity index (χ0) is 13.8. The third-order valence-corrected chi connectivity index (χ3v) is 3.32. The summed E-state index contributed by atoms with van der Waals surface area (Å²) in [6.07, 6.45) is 0.349. The maximum absolute atomic E-state index is 13.9. The van der Waals surface area contributed by atoms with E-state index >= 15 is 0 Å². The Hall–Kier alpha value is -1.46. The second-order valence-corrected chi connectivity index (χ2v) is 4.69. The van der Waals surface area contributed by atoms with Gasteiger partial charge < -0.3 is 9.64 Å². The number of hydrogen-bond donors (Lipinski definition) is 1. The molecule has 1 fully saturated rings. The number of nitrogens with zero attached hydrogens (tertiary/aromatic N) is 1. The van der Waals surface area contributed by atoms with Crippen molar-refractivity contribution in [2.24, 2.45) is 0 Å². The van der Waals surface area contributed by atoms with E-state index in [1.165, 1.54) is 6.07 Å². The van der Waals surface area contributed by atoms with Crippen molar-refractivity contribution in [1.29, 1.82) is 0 Å². The summed E-state index contributed by atoms with van der Waals surface area (Å²) in [6.45, 7) is 2.94. The number of rotatable bonds is 5. The average Bonchev–Trinajstić information content (AvgIpc) is 2.68. The van der Waals surface area contributed by atoms with E-state index in [1.807, 2.05) is 0 Å². The van der Waals surface area contributed by atoms with Crippen LogP contribution in [0.3, 0.4) is 0 Å². The summed E-state index contributed by atoms with van der Waals surface area (Å²) in [4.78, 5) is 13.8. The van der Waals surface area contributed by atoms with E-state index < -0.39 is 0 Å². The highest BCUT2D eigenvalue weighted by Crippen LogP contribution is 2.27. The van der Waals surface area contributed by atoms with Crippen molar-refractivity contribution in [3.8, 4) is 0 Å². The fraction of sp³-hybridized carbons (Fsp3) is 0.500. The van der Waals surface area contributed by atoms with Crippen LogP contribution in [0.1, 0.15) is 25.1 Å². The first-order valence-corrected chi connectivity index (χ1v) is 6.45. The summed E-state index contributed by atoms with van der Waals surface area (Å²) in [7, 11) is 1.63. The second kappa shape index (κ2) is 6.12. The lowest BCUT2D eigenvalue weighted by atomic mass is 10.1. The van der Waals surface area contributed by atoms with Gasteiger partial charge in [-0.05, 0) is 19.4 Å². The molecule has 0 aromatic heterocycles. The molecular weight excluding hydrogens is 247 g/mol. The largest absolute Gasteiger partial charge is 0.385 e. The van der Waals surface area contributed by atoms with Crippen LogP contribution < -0.4 is 5.32 Å². The highest BCUT2D eigenvalue weighted by molar-refractivity contribution is 5.84. The predicted octanol–water partition coefficient (Wildman–Crippen LogP) is 1.68. The number of ether oxygens (including phenoxy) is 1. The maximum Gasteiger partial charge on any atom is 0.241 e. The van der Waals surface area contributed by atoms with Gasteiger partial charge in [-0.2, -0.15) is 0 Å². The normalized spacial score (nSPS) is 23.1. The summed E-state index contributed by atoms with van der Waals surface area (Å²) in [6, 6.07) is 6.27. The zero-order valence-corrected chi connectivity index (χ0v) is 11.2. The van der Waals surface area contributed by atoms with Crippen LogP contribution in [0.5, 0.6) is 0 Å². The van der Waals surface area contributed by atoms with Crippen molar-refractivity contribution in [2.45, 2.75) is 25.6 Å². The minimum absolute atomic E-state index is 0.00403. The maximum atomic E-state index is 13.9. The molecule has 1 aromatic carbocycles. The summed E-state index contributed by atoms with van der Waals surface area (Å²) in [5.74, 6) is -0.289. The Morgan fingerprint density at radius 1 is 1.42 bits per heavy atom. The zero-order valence-electron chi connectivity index (χ0n) is 11.2. The second-order valence-electron chi connectivity index (χ2n) is 4.69. The van der Waals surface area contributed by atoms with Gasteiger partial charge in [-0.1, -0.05) is 18.2 Å². The van der Waals surface area contributed by atoms with Crippen LogP contribution in [0.4, 0.5) is 4.39 Å². The molecule has 0 aliphatic carbocycles. The molecule has 1 saturated heterocycles. The Bertz CT molecular complexity index is 453.